The van der Waals surface area contributed by atoms with Crippen LogP contribution in [-0.4, -0.2) is 5.78 Å². The number of hydrogen-bond acceptors (Lipinski definition) is 1. The van der Waals surface area contributed by atoms with Gasteiger partial charge in [-0.3, -0.25) is 4.79 Å². The van der Waals surface area contributed by atoms with Gasteiger partial charge in [0.1, 0.15) is 5.78 Å². The number of carbonyl (C=O) groups excluding carboxylic acids is 1. The van der Waals surface area contributed by atoms with Crippen LogP contribution in [0.25, 0.3) is 0 Å². The van der Waals surface area contributed by atoms with Gasteiger partial charge >= 0.3 is 0 Å². The van der Waals surface area contributed by atoms with E-state index in [1.807, 2.05) is 0 Å². The standard InChI is InChI=1S/C17H22O/c1-2-14-8-10-16(11-9-14)13-17(18)12-15-6-4-3-5-7-15/h6,8-11H,2-5,7,12-13H2,1H3. The molecule has 0 amide bonds. The molecule has 0 heterocycles. The number of carbonyl (C=O) groups is 1. The first kappa shape index (κ1) is 13.1. The van der Waals surface area contributed by atoms with Crippen molar-refractivity contribution in [3.63, 3.8) is 0 Å². The molecule has 2 rings (SSSR count). The van der Waals surface area contributed by atoms with E-state index in [4.69, 9.17) is 0 Å². The van der Waals surface area contributed by atoms with Crippen molar-refractivity contribution in [3.8, 4) is 0 Å². The summed E-state index contributed by atoms with van der Waals surface area (Å²) in [7, 11) is 0. The molecule has 1 heteroatoms. The second kappa shape index (κ2) is 6.53. The highest BCUT2D eigenvalue weighted by molar-refractivity contribution is 5.83. The molecule has 0 fully saturated rings. The van der Waals surface area contributed by atoms with Crippen LogP contribution in [0.1, 0.15) is 50.2 Å². The predicted octanol–water partition coefficient (Wildman–Crippen LogP) is 4.25. The normalized spacial score (nSPS) is 15.3. The second-order valence-electron chi connectivity index (χ2n) is 5.17. The Labute approximate surface area is 110 Å². The largest absolute Gasteiger partial charge is 0.299 e. The number of hydrogen-bond donors (Lipinski definition) is 0. The Morgan fingerprint density at radius 2 is 1.78 bits per heavy atom. The molecule has 0 saturated heterocycles. The fraction of sp³-hybridized carbons (Fsp3) is 0.471. The molecule has 1 aromatic rings. The van der Waals surface area contributed by atoms with E-state index in [9.17, 15) is 4.79 Å². The molecule has 1 aromatic carbocycles. The molecule has 0 radical (unpaired) electrons. The Balaban J connectivity index is 1.88. The van der Waals surface area contributed by atoms with Crippen LogP contribution in [0.2, 0.25) is 0 Å². The molecule has 1 nitrogen and oxygen atoms in total. The third kappa shape index (κ3) is 3.83. The summed E-state index contributed by atoms with van der Waals surface area (Å²) in [6, 6.07) is 8.43. The topological polar surface area (TPSA) is 17.1 Å². The fourth-order valence-corrected chi connectivity index (χ4v) is 2.50. The zero-order valence-corrected chi connectivity index (χ0v) is 11.2. The SMILES string of the molecule is CCc1ccc(CC(=O)CC2=CCCCC2)cc1. The summed E-state index contributed by atoms with van der Waals surface area (Å²) < 4.78 is 0. The molecule has 0 bridgehead atoms. The van der Waals surface area contributed by atoms with Crippen LogP contribution in [0.3, 0.4) is 0 Å². The summed E-state index contributed by atoms with van der Waals surface area (Å²) in [5.41, 5.74) is 3.84. The van der Waals surface area contributed by atoms with Crippen LogP contribution >= 0.6 is 0 Å². The van der Waals surface area contributed by atoms with Crippen molar-refractivity contribution in [1.82, 2.24) is 0 Å². The molecule has 96 valence electrons. The highest BCUT2D eigenvalue weighted by Gasteiger charge is 2.09. The Morgan fingerprint density at radius 3 is 2.39 bits per heavy atom. The first-order chi connectivity index (χ1) is 8.78. The maximum atomic E-state index is 12.0. The Hall–Kier alpha value is -1.37. The molecule has 0 spiro atoms. The quantitative estimate of drug-likeness (QED) is 0.705. The van der Waals surface area contributed by atoms with Gasteiger partial charge < -0.3 is 0 Å². The Morgan fingerprint density at radius 1 is 1.06 bits per heavy atom. The number of rotatable bonds is 5. The minimum absolute atomic E-state index is 0.354. The summed E-state index contributed by atoms with van der Waals surface area (Å²) >= 11 is 0. The molecule has 0 N–H and O–H groups in total. The molecule has 0 saturated carbocycles. The highest BCUT2D eigenvalue weighted by atomic mass is 16.1. The smallest absolute Gasteiger partial charge is 0.141 e. The van der Waals surface area contributed by atoms with Crippen LogP contribution in [0.15, 0.2) is 35.9 Å². The lowest BCUT2D eigenvalue weighted by Gasteiger charge is -2.11. The monoisotopic (exact) mass is 242 g/mol. The third-order valence-electron chi connectivity index (χ3n) is 3.64. The summed E-state index contributed by atoms with van der Waals surface area (Å²) in [6.07, 6.45) is 9.40. The lowest BCUT2D eigenvalue weighted by Crippen LogP contribution is -2.05. The summed E-state index contributed by atoms with van der Waals surface area (Å²) in [6.45, 7) is 2.15. The minimum Gasteiger partial charge on any atom is -0.299 e. The van der Waals surface area contributed by atoms with Crippen LogP contribution in [0.4, 0.5) is 0 Å². The van der Waals surface area contributed by atoms with Gasteiger partial charge in [-0.05, 0) is 43.2 Å². The molecule has 0 unspecified atom stereocenters. The Bertz CT molecular complexity index is 425. The van der Waals surface area contributed by atoms with Crippen LogP contribution in [0, 0.1) is 0 Å². The molecule has 1 aliphatic rings. The number of allylic oxidation sites excluding steroid dienone is 2. The molecule has 0 aromatic heterocycles. The highest BCUT2D eigenvalue weighted by Crippen LogP contribution is 2.21. The van der Waals surface area contributed by atoms with Crippen molar-refractivity contribution in [1.29, 1.82) is 0 Å². The maximum Gasteiger partial charge on any atom is 0.141 e. The first-order valence-electron chi connectivity index (χ1n) is 7.05. The number of ketones is 1. The van der Waals surface area contributed by atoms with E-state index in [0.717, 1.165) is 24.8 Å². The van der Waals surface area contributed by atoms with Gasteiger partial charge in [-0.25, -0.2) is 0 Å². The first-order valence-corrected chi connectivity index (χ1v) is 7.05. The van der Waals surface area contributed by atoms with Crippen molar-refractivity contribution in [3.05, 3.63) is 47.0 Å². The summed E-state index contributed by atoms with van der Waals surface area (Å²) in [4.78, 5) is 12.0. The van der Waals surface area contributed by atoms with Crippen molar-refractivity contribution in [2.24, 2.45) is 0 Å². The molecule has 1 aliphatic carbocycles. The van der Waals surface area contributed by atoms with Gasteiger partial charge in [0.25, 0.3) is 0 Å². The fourth-order valence-electron chi connectivity index (χ4n) is 2.50. The summed E-state index contributed by atoms with van der Waals surface area (Å²) in [5.74, 6) is 0.354. The molecular formula is C17H22O. The molecule has 0 aliphatic heterocycles. The van der Waals surface area contributed by atoms with Crippen molar-refractivity contribution >= 4 is 5.78 Å². The van der Waals surface area contributed by atoms with E-state index < -0.39 is 0 Å². The molecular weight excluding hydrogens is 220 g/mol. The van der Waals surface area contributed by atoms with E-state index in [1.54, 1.807) is 0 Å². The predicted molar refractivity (Wildman–Crippen MR) is 75.7 cm³/mol. The van der Waals surface area contributed by atoms with Gasteiger partial charge in [-0.2, -0.15) is 0 Å². The van der Waals surface area contributed by atoms with E-state index >= 15 is 0 Å². The van der Waals surface area contributed by atoms with Gasteiger partial charge in [0.15, 0.2) is 0 Å². The average molecular weight is 242 g/mol. The van der Waals surface area contributed by atoms with Gasteiger partial charge in [-0.1, -0.05) is 42.8 Å². The second-order valence-corrected chi connectivity index (χ2v) is 5.17. The average Bonchev–Trinajstić information content (AvgIpc) is 2.40. The maximum absolute atomic E-state index is 12.0. The number of Topliss-reactive ketones (excluding diaryl/α,β-unsaturated/α-hetero) is 1. The van der Waals surface area contributed by atoms with E-state index in [-0.39, 0.29) is 0 Å². The molecule has 0 atom stereocenters. The van der Waals surface area contributed by atoms with E-state index in [0.29, 0.717) is 18.6 Å². The third-order valence-corrected chi connectivity index (χ3v) is 3.64. The Kier molecular flexibility index (Phi) is 4.74. The lowest BCUT2D eigenvalue weighted by molar-refractivity contribution is -0.117. The number of aryl methyl sites for hydroxylation is 1. The van der Waals surface area contributed by atoms with Crippen molar-refractivity contribution in [2.45, 2.75) is 51.9 Å². The van der Waals surface area contributed by atoms with Gasteiger partial charge in [-0.15, -0.1) is 0 Å². The van der Waals surface area contributed by atoms with Crippen molar-refractivity contribution < 1.29 is 4.79 Å². The van der Waals surface area contributed by atoms with E-state index in [1.165, 1.54) is 24.0 Å². The van der Waals surface area contributed by atoms with Crippen LogP contribution in [0.5, 0.6) is 0 Å². The lowest BCUT2D eigenvalue weighted by atomic mass is 9.94. The van der Waals surface area contributed by atoms with Gasteiger partial charge in [0.2, 0.25) is 0 Å². The van der Waals surface area contributed by atoms with Gasteiger partial charge in [0, 0.05) is 12.8 Å². The zero-order chi connectivity index (χ0) is 12.8. The van der Waals surface area contributed by atoms with Crippen LogP contribution < -0.4 is 0 Å². The van der Waals surface area contributed by atoms with Crippen LogP contribution in [-0.2, 0) is 17.6 Å². The zero-order valence-electron chi connectivity index (χ0n) is 11.2. The summed E-state index contributed by atoms with van der Waals surface area (Å²) in [5, 5.41) is 0. The van der Waals surface area contributed by atoms with Crippen molar-refractivity contribution in [2.75, 3.05) is 0 Å². The molecule has 18 heavy (non-hydrogen) atoms. The minimum atomic E-state index is 0.354. The number of benzene rings is 1. The van der Waals surface area contributed by atoms with E-state index in [2.05, 4.69) is 37.3 Å². The van der Waals surface area contributed by atoms with Gasteiger partial charge in [0.05, 0.1) is 0 Å².